The highest BCUT2D eigenvalue weighted by Gasteiger charge is 2.22. The summed E-state index contributed by atoms with van der Waals surface area (Å²) in [7, 11) is 3.35. The van der Waals surface area contributed by atoms with Crippen LogP contribution in [0.15, 0.2) is 9.64 Å². The van der Waals surface area contributed by atoms with Crippen LogP contribution in [0.25, 0.3) is 0 Å². The molecule has 0 fully saturated rings. The topological polar surface area (TPSA) is 59.2 Å². The number of aromatic nitrogens is 2. The van der Waals surface area contributed by atoms with E-state index in [0.717, 1.165) is 11.8 Å². The quantitative estimate of drug-likeness (QED) is 0.690. The number of hydrogen-bond donors (Lipinski definition) is 0. The van der Waals surface area contributed by atoms with Crippen molar-refractivity contribution in [2.75, 3.05) is 14.1 Å². The van der Waals surface area contributed by atoms with Crippen molar-refractivity contribution in [3.63, 3.8) is 0 Å². The van der Waals surface area contributed by atoms with E-state index in [9.17, 15) is 4.79 Å². The molecular formula is C9H15N3O2S. The molecule has 0 aliphatic carbocycles. The van der Waals surface area contributed by atoms with E-state index >= 15 is 0 Å². The van der Waals surface area contributed by atoms with Crippen LogP contribution >= 0.6 is 11.8 Å². The fourth-order valence-electron chi connectivity index (χ4n) is 0.720. The van der Waals surface area contributed by atoms with Crippen molar-refractivity contribution < 1.29 is 9.21 Å². The molecule has 0 spiro atoms. The Morgan fingerprint density at radius 1 is 1.33 bits per heavy atom. The van der Waals surface area contributed by atoms with E-state index < -0.39 is 0 Å². The van der Waals surface area contributed by atoms with Crippen LogP contribution in [0.1, 0.15) is 26.7 Å². The van der Waals surface area contributed by atoms with E-state index in [1.807, 2.05) is 20.8 Å². The second kappa shape index (κ2) is 4.22. The van der Waals surface area contributed by atoms with Crippen LogP contribution in [0.3, 0.4) is 0 Å². The van der Waals surface area contributed by atoms with Crippen molar-refractivity contribution in [3.05, 3.63) is 5.89 Å². The van der Waals surface area contributed by atoms with E-state index in [1.165, 1.54) is 4.90 Å². The highest BCUT2D eigenvalue weighted by Crippen LogP contribution is 2.25. The van der Waals surface area contributed by atoms with Gasteiger partial charge in [0.25, 0.3) is 10.5 Å². The molecule has 1 heterocycles. The molecule has 0 saturated carbocycles. The predicted molar refractivity (Wildman–Crippen MR) is 57.9 cm³/mol. The molecule has 1 amide bonds. The minimum atomic E-state index is -0.188. The van der Waals surface area contributed by atoms with E-state index in [0.29, 0.717) is 11.1 Å². The molecule has 5 nitrogen and oxygen atoms in total. The van der Waals surface area contributed by atoms with Gasteiger partial charge in [-0.1, -0.05) is 20.8 Å². The normalized spacial score (nSPS) is 11.5. The lowest BCUT2D eigenvalue weighted by molar-refractivity contribution is 0.240. The van der Waals surface area contributed by atoms with E-state index in [1.54, 1.807) is 14.1 Å². The zero-order valence-electron chi connectivity index (χ0n) is 9.57. The van der Waals surface area contributed by atoms with Crippen LogP contribution in [-0.4, -0.2) is 34.4 Å². The first-order valence-corrected chi connectivity index (χ1v) is 5.35. The molecule has 0 unspecified atom stereocenters. The summed E-state index contributed by atoms with van der Waals surface area (Å²) in [6, 6.07) is 0. The van der Waals surface area contributed by atoms with Crippen LogP contribution < -0.4 is 0 Å². The Bertz CT molecular complexity index is 354. The van der Waals surface area contributed by atoms with Gasteiger partial charge in [0.2, 0.25) is 5.89 Å². The Labute approximate surface area is 93.2 Å². The summed E-state index contributed by atoms with van der Waals surface area (Å²) >= 11 is 0.935. The number of rotatable bonds is 1. The van der Waals surface area contributed by atoms with Crippen molar-refractivity contribution in [2.45, 2.75) is 31.4 Å². The molecule has 0 aromatic carbocycles. The molecule has 84 valence electrons. The van der Waals surface area contributed by atoms with E-state index in [2.05, 4.69) is 10.2 Å². The molecule has 0 N–H and O–H groups in total. The van der Waals surface area contributed by atoms with Crippen LogP contribution in [0.5, 0.6) is 0 Å². The third kappa shape index (κ3) is 3.23. The van der Waals surface area contributed by atoms with E-state index in [-0.39, 0.29) is 10.7 Å². The number of hydrogen-bond acceptors (Lipinski definition) is 5. The smallest absolute Gasteiger partial charge is 0.290 e. The summed E-state index contributed by atoms with van der Waals surface area (Å²) in [5.41, 5.74) is -0.188. The fourth-order valence-corrected chi connectivity index (χ4v) is 1.25. The van der Waals surface area contributed by atoms with Crippen molar-refractivity contribution >= 4 is 17.0 Å². The van der Waals surface area contributed by atoms with Gasteiger partial charge in [-0.2, -0.15) is 0 Å². The van der Waals surface area contributed by atoms with Gasteiger partial charge < -0.3 is 9.32 Å². The largest absolute Gasteiger partial charge is 0.415 e. The molecule has 0 bridgehead atoms. The highest BCUT2D eigenvalue weighted by molar-refractivity contribution is 8.13. The molecule has 0 saturated heterocycles. The molecule has 1 rings (SSSR count). The van der Waals surface area contributed by atoms with Gasteiger partial charge in [0.1, 0.15) is 0 Å². The molecule has 0 aliphatic heterocycles. The molecule has 15 heavy (non-hydrogen) atoms. The SMILES string of the molecule is CN(C)C(=O)Sc1nnc(C(C)(C)C)o1. The Morgan fingerprint density at radius 3 is 2.33 bits per heavy atom. The van der Waals surface area contributed by atoms with Crippen molar-refractivity contribution in [3.8, 4) is 0 Å². The van der Waals surface area contributed by atoms with Gasteiger partial charge in [0.05, 0.1) is 0 Å². The lowest BCUT2D eigenvalue weighted by atomic mass is 9.97. The molecular weight excluding hydrogens is 214 g/mol. The lowest BCUT2D eigenvalue weighted by Crippen LogP contribution is -2.16. The third-order valence-electron chi connectivity index (χ3n) is 1.59. The van der Waals surface area contributed by atoms with Crippen LogP contribution in [0.2, 0.25) is 0 Å². The first-order chi connectivity index (χ1) is 6.80. The zero-order valence-corrected chi connectivity index (χ0v) is 10.4. The average Bonchev–Trinajstić information content (AvgIpc) is 2.51. The van der Waals surface area contributed by atoms with Gasteiger partial charge in [-0.15, -0.1) is 10.2 Å². The minimum absolute atomic E-state index is 0.126. The Kier molecular flexibility index (Phi) is 3.38. The molecule has 0 aliphatic rings. The second-order valence-electron chi connectivity index (χ2n) is 4.39. The number of thioether (sulfide) groups is 1. The summed E-state index contributed by atoms with van der Waals surface area (Å²) in [5, 5.41) is 7.86. The van der Waals surface area contributed by atoms with Crippen molar-refractivity contribution in [1.29, 1.82) is 0 Å². The van der Waals surface area contributed by atoms with Gasteiger partial charge in [-0.25, -0.2) is 0 Å². The average molecular weight is 229 g/mol. The minimum Gasteiger partial charge on any atom is -0.415 e. The monoisotopic (exact) mass is 229 g/mol. The first kappa shape index (κ1) is 12.0. The summed E-state index contributed by atoms with van der Waals surface area (Å²) in [6.45, 7) is 5.92. The summed E-state index contributed by atoms with van der Waals surface area (Å²) in [4.78, 5) is 12.8. The fraction of sp³-hybridized carbons (Fsp3) is 0.667. The number of nitrogens with zero attached hydrogens (tertiary/aromatic N) is 3. The predicted octanol–water partition coefficient (Wildman–Crippen LogP) is 2.14. The Hall–Kier alpha value is -1.04. The highest BCUT2D eigenvalue weighted by atomic mass is 32.2. The van der Waals surface area contributed by atoms with Gasteiger partial charge in [0.15, 0.2) is 0 Å². The maximum absolute atomic E-state index is 11.3. The summed E-state index contributed by atoms with van der Waals surface area (Å²) in [5.74, 6) is 0.538. The van der Waals surface area contributed by atoms with Crippen LogP contribution in [0.4, 0.5) is 4.79 Å². The Morgan fingerprint density at radius 2 is 1.93 bits per heavy atom. The number of carbonyl (C=O) groups excluding carboxylic acids is 1. The Balaban J connectivity index is 2.73. The van der Waals surface area contributed by atoms with Crippen molar-refractivity contribution in [1.82, 2.24) is 15.1 Å². The standard InChI is InChI=1S/C9H15N3O2S/c1-9(2,3)6-10-11-7(14-6)15-8(13)12(4)5/h1-5H3. The first-order valence-electron chi connectivity index (χ1n) is 4.54. The summed E-state index contributed by atoms with van der Waals surface area (Å²) < 4.78 is 5.36. The van der Waals surface area contributed by atoms with E-state index in [4.69, 9.17) is 4.42 Å². The van der Waals surface area contributed by atoms with Gasteiger partial charge in [0, 0.05) is 31.3 Å². The third-order valence-corrected chi connectivity index (χ3v) is 2.47. The zero-order chi connectivity index (χ0) is 11.6. The number of amides is 1. The van der Waals surface area contributed by atoms with Gasteiger partial charge >= 0.3 is 0 Å². The number of carbonyl (C=O) groups is 1. The van der Waals surface area contributed by atoms with Crippen LogP contribution in [-0.2, 0) is 5.41 Å². The molecule has 0 atom stereocenters. The van der Waals surface area contributed by atoms with Crippen LogP contribution in [0, 0.1) is 0 Å². The molecule has 0 radical (unpaired) electrons. The molecule has 6 heteroatoms. The second-order valence-corrected chi connectivity index (χ2v) is 5.29. The maximum Gasteiger partial charge on any atom is 0.290 e. The molecule has 1 aromatic rings. The van der Waals surface area contributed by atoms with Gasteiger partial charge in [-0.05, 0) is 0 Å². The molecule has 1 aromatic heterocycles. The van der Waals surface area contributed by atoms with Crippen molar-refractivity contribution in [2.24, 2.45) is 0 Å². The van der Waals surface area contributed by atoms with Gasteiger partial charge in [-0.3, -0.25) is 4.79 Å². The maximum atomic E-state index is 11.3. The summed E-state index contributed by atoms with van der Waals surface area (Å²) in [6.07, 6.45) is 0. The lowest BCUT2D eigenvalue weighted by Gasteiger charge is -2.11.